The largest absolute Gasteiger partial charge is 0.303 e. The Labute approximate surface area is 182 Å². The number of hydrogen-bond acceptors (Lipinski definition) is 2. The van der Waals surface area contributed by atoms with E-state index in [9.17, 15) is 0 Å². The molecule has 0 aliphatic heterocycles. The number of benzene rings is 1. The van der Waals surface area contributed by atoms with Gasteiger partial charge in [-0.25, -0.2) is 4.98 Å². The number of pyridine rings is 1. The quantitative estimate of drug-likeness (QED) is 0.400. The van der Waals surface area contributed by atoms with Crippen LogP contribution >= 0.6 is 0 Å². The fourth-order valence-corrected chi connectivity index (χ4v) is 4.48. The van der Waals surface area contributed by atoms with Gasteiger partial charge in [-0.05, 0) is 87.7 Å². The van der Waals surface area contributed by atoms with Gasteiger partial charge in [0.2, 0.25) is 0 Å². The molecule has 31 heavy (non-hydrogen) atoms. The number of aryl methyl sites for hydroxylation is 5. The average Bonchev–Trinajstić information content (AvgIpc) is 3.39. The molecule has 0 fully saturated rings. The lowest BCUT2D eigenvalue weighted by Gasteiger charge is -2.16. The van der Waals surface area contributed by atoms with Crippen molar-refractivity contribution in [3.8, 4) is 11.6 Å². The van der Waals surface area contributed by atoms with Crippen LogP contribution in [0.15, 0.2) is 60.8 Å². The van der Waals surface area contributed by atoms with Gasteiger partial charge >= 0.3 is 0 Å². The first-order valence-corrected chi connectivity index (χ1v) is 10.6. The molecule has 0 aliphatic rings. The highest BCUT2D eigenvalue weighted by Gasteiger charge is 2.13. The van der Waals surface area contributed by atoms with Crippen molar-refractivity contribution >= 4 is 10.9 Å². The van der Waals surface area contributed by atoms with Crippen molar-refractivity contribution < 1.29 is 0 Å². The molecule has 0 atom stereocenters. The zero-order chi connectivity index (χ0) is 21.7. The number of fused-ring (bicyclic) bond motifs is 1. The van der Waals surface area contributed by atoms with Crippen molar-refractivity contribution in [2.24, 2.45) is 7.05 Å². The average molecular weight is 410 g/mol. The summed E-state index contributed by atoms with van der Waals surface area (Å²) in [6.45, 7) is 8.51. The molecule has 4 aromatic heterocycles. The molecule has 4 heterocycles. The van der Waals surface area contributed by atoms with Crippen molar-refractivity contribution in [1.29, 1.82) is 0 Å². The van der Waals surface area contributed by atoms with Crippen molar-refractivity contribution in [2.45, 2.75) is 34.1 Å². The summed E-state index contributed by atoms with van der Waals surface area (Å²) in [4.78, 5) is 5.07. The normalized spacial score (nSPS) is 11.5. The van der Waals surface area contributed by atoms with E-state index in [-0.39, 0.29) is 0 Å². The molecule has 5 heteroatoms. The van der Waals surface area contributed by atoms with Crippen molar-refractivity contribution in [3.63, 3.8) is 0 Å². The zero-order valence-electron chi connectivity index (χ0n) is 18.7. The Hall–Kier alpha value is -3.60. The zero-order valence-corrected chi connectivity index (χ0v) is 18.7. The highest BCUT2D eigenvalue weighted by molar-refractivity contribution is 5.79. The summed E-state index contributed by atoms with van der Waals surface area (Å²) in [5.74, 6) is 1.92. The van der Waals surface area contributed by atoms with Crippen LogP contribution < -0.4 is 0 Å². The molecule has 0 bridgehead atoms. The van der Waals surface area contributed by atoms with Gasteiger partial charge in [0.15, 0.2) is 0 Å². The molecule has 5 aromatic rings. The van der Waals surface area contributed by atoms with Crippen LogP contribution in [0.4, 0.5) is 0 Å². The van der Waals surface area contributed by atoms with Crippen LogP contribution in [0.5, 0.6) is 0 Å². The minimum Gasteiger partial charge on any atom is -0.303 e. The van der Waals surface area contributed by atoms with E-state index < -0.39 is 0 Å². The van der Waals surface area contributed by atoms with Gasteiger partial charge in [-0.3, -0.25) is 4.68 Å². The molecule has 0 N–H and O–H groups in total. The van der Waals surface area contributed by atoms with E-state index in [1.54, 1.807) is 0 Å². The van der Waals surface area contributed by atoms with Gasteiger partial charge in [0, 0.05) is 35.2 Å². The maximum Gasteiger partial charge on any atom is 0.139 e. The Kier molecular flexibility index (Phi) is 4.54. The number of hydrogen-bond donors (Lipinski definition) is 0. The molecule has 0 saturated carbocycles. The van der Waals surface area contributed by atoms with Gasteiger partial charge in [0.25, 0.3) is 0 Å². The van der Waals surface area contributed by atoms with E-state index >= 15 is 0 Å². The molecule has 0 spiro atoms. The molecule has 156 valence electrons. The maximum atomic E-state index is 5.07. The third kappa shape index (κ3) is 3.36. The van der Waals surface area contributed by atoms with Crippen LogP contribution in [0.1, 0.15) is 33.9 Å². The first-order valence-electron chi connectivity index (χ1n) is 10.6. The standard InChI is InChI=1S/C26H27N5/c1-17-6-7-18(2)30(17)25-14-22(15-26(28-25)31-19(3)8-9-20(31)4)12-21-10-11-23-16-27-29(5)24(23)13-21/h6-11,13-16H,12H2,1-5H3. The van der Waals surface area contributed by atoms with Crippen LogP contribution in [0, 0.1) is 27.7 Å². The van der Waals surface area contributed by atoms with Crippen LogP contribution in [0.25, 0.3) is 22.5 Å². The molecule has 5 rings (SSSR count). The molecule has 5 nitrogen and oxygen atoms in total. The van der Waals surface area contributed by atoms with Crippen LogP contribution in [0.3, 0.4) is 0 Å². The summed E-state index contributed by atoms with van der Waals surface area (Å²) in [5, 5.41) is 5.54. The molecule has 0 unspecified atom stereocenters. The Morgan fingerprint density at radius 2 is 1.23 bits per heavy atom. The van der Waals surface area contributed by atoms with E-state index in [1.807, 2.05) is 17.9 Å². The Balaban J connectivity index is 1.66. The van der Waals surface area contributed by atoms with Gasteiger partial charge < -0.3 is 9.13 Å². The predicted octanol–water partition coefficient (Wildman–Crippen LogP) is 5.37. The third-order valence-corrected chi connectivity index (χ3v) is 6.08. The summed E-state index contributed by atoms with van der Waals surface area (Å²) >= 11 is 0. The van der Waals surface area contributed by atoms with Crippen molar-refractivity contribution in [1.82, 2.24) is 23.9 Å². The molecular weight excluding hydrogens is 382 g/mol. The molecule has 0 aliphatic carbocycles. The number of nitrogens with zero attached hydrogens (tertiary/aromatic N) is 5. The van der Waals surface area contributed by atoms with Crippen LogP contribution in [-0.4, -0.2) is 23.9 Å². The lowest BCUT2D eigenvalue weighted by atomic mass is 10.0. The van der Waals surface area contributed by atoms with E-state index in [1.165, 1.54) is 39.3 Å². The molecule has 0 saturated heterocycles. The monoisotopic (exact) mass is 409 g/mol. The predicted molar refractivity (Wildman–Crippen MR) is 125 cm³/mol. The van der Waals surface area contributed by atoms with Gasteiger partial charge in [-0.1, -0.05) is 12.1 Å². The highest BCUT2D eigenvalue weighted by Crippen LogP contribution is 2.24. The topological polar surface area (TPSA) is 40.6 Å². The second-order valence-electron chi connectivity index (χ2n) is 8.43. The van der Waals surface area contributed by atoms with E-state index in [2.05, 4.69) is 96.5 Å². The first-order chi connectivity index (χ1) is 14.9. The van der Waals surface area contributed by atoms with Crippen molar-refractivity contribution in [2.75, 3.05) is 0 Å². The summed E-state index contributed by atoms with van der Waals surface area (Å²) in [6, 6.07) is 19.6. The van der Waals surface area contributed by atoms with Gasteiger partial charge in [0.1, 0.15) is 11.6 Å². The first kappa shape index (κ1) is 19.4. The second kappa shape index (κ2) is 7.27. The molecule has 1 aromatic carbocycles. The molecular formula is C26H27N5. The summed E-state index contributed by atoms with van der Waals surface area (Å²) in [6.07, 6.45) is 2.75. The maximum absolute atomic E-state index is 5.07. The SMILES string of the molecule is Cc1ccc(C)n1-c1cc(Cc2ccc3cnn(C)c3c2)cc(-n2c(C)ccc2C)n1. The van der Waals surface area contributed by atoms with Crippen LogP contribution in [0.2, 0.25) is 0 Å². The fourth-order valence-electron chi connectivity index (χ4n) is 4.48. The summed E-state index contributed by atoms with van der Waals surface area (Å²) in [5.41, 5.74) is 8.40. The van der Waals surface area contributed by atoms with E-state index in [0.717, 1.165) is 23.6 Å². The minimum absolute atomic E-state index is 0.836. The van der Waals surface area contributed by atoms with Gasteiger partial charge in [-0.15, -0.1) is 0 Å². The molecule has 0 amide bonds. The van der Waals surface area contributed by atoms with E-state index in [0.29, 0.717) is 0 Å². The number of rotatable bonds is 4. The van der Waals surface area contributed by atoms with Gasteiger partial charge in [-0.2, -0.15) is 5.10 Å². The van der Waals surface area contributed by atoms with Crippen LogP contribution in [-0.2, 0) is 13.5 Å². The Morgan fingerprint density at radius 1 is 0.677 bits per heavy atom. The molecule has 0 radical (unpaired) electrons. The highest BCUT2D eigenvalue weighted by atomic mass is 15.2. The lowest BCUT2D eigenvalue weighted by molar-refractivity contribution is 0.796. The van der Waals surface area contributed by atoms with Crippen molar-refractivity contribution in [3.05, 3.63) is 94.7 Å². The second-order valence-corrected chi connectivity index (χ2v) is 8.43. The minimum atomic E-state index is 0.836. The Morgan fingerprint density at radius 3 is 1.77 bits per heavy atom. The smallest absolute Gasteiger partial charge is 0.139 e. The lowest BCUT2D eigenvalue weighted by Crippen LogP contribution is -2.09. The van der Waals surface area contributed by atoms with Gasteiger partial charge in [0.05, 0.1) is 11.7 Å². The number of aromatic nitrogens is 5. The third-order valence-electron chi connectivity index (χ3n) is 6.08. The van der Waals surface area contributed by atoms with E-state index in [4.69, 9.17) is 4.98 Å². The fraction of sp³-hybridized carbons (Fsp3) is 0.231. The summed E-state index contributed by atoms with van der Waals surface area (Å²) in [7, 11) is 1.99. The Bertz CT molecular complexity index is 1310. The summed E-state index contributed by atoms with van der Waals surface area (Å²) < 4.78 is 6.39.